The largest absolute Gasteiger partial charge is 0.486 e. The third kappa shape index (κ3) is 5.06. The average molecular weight is 422 g/mol. The van der Waals surface area contributed by atoms with Crippen LogP contribution in [0.1, 0.15) is 38.3 Å². The summed E-state index contributed by atoms with van der Waals surface area (Å²) in [5.74, 6) is -0.318. The summed E-state index contributed by atoms with van der Waals surface area (Å²) < 4.78 is 10.8. The fourth-order valence-electron chi connectivity index (χ4n) is 3.09. The fraction of sp³-hybridized carbons (Fsp3) is 0.167. The minimum atomic E-state index is -0.614. The summed E-state index contributed by atoms with van der Waals surface area (Å²) in [5.41, 5.74) is 4.07. The number of carbonyl (C=O) groups is 1. The van der Waals surface area contributed by atoms with E-state index in [1.54, 1.807) is 48.7 Å². The quantitative estimate of drug-likeness (QED) is 0.424. The molecule has 0 saturated carbocycles. The molecule has 2 radical (unpaired) electrons. The van der Waals surface area contributed by atoms with E-state index in [1.165, 1.54) is 11.9 Å². The average Bonchev–Trinajstić information content (AvgIpc) is 2.84. The number of ether oxygens (including phenoxy) is 2. The molecular formula is C24H19BN4O3. The first-order chi connectivity index (χ1) is 15.5. The highest BCUT2D eigenvalue weighted by Crippen LogP contribution is 2.28. The molecule has 3 rings (SSSR count). The molecule has 0 bridgehead atoms. The Hall–Kier alpha value is -4.30. The molecule has 0 spiro atoms. The molecule has 1 aromatic heterocycles. The number of pyridine rings is 1. The molecule has 0 aliphatic heterocycles. The number of aromatic nitrogens is 1. The maximum Gasteiger partial charge on any atom is 0.360 e. The molecule has 0 aliphatic carbocycles. The lowest BCUT2D eigenvalue weighted by Gasteiger charge is -2.22. The Morgan fingerprint density at radius 2 is 1.84 bits per heavy atom. The molecule has 32 heavy (non-hydrogen) atoms. The van der Waals surface area contributed by atoms with Crippen LogP contribution in [0.3, 0.4) is 0 Å². The Morgan fingerprint density at radius 1 is 1.12 bits per heavy atom. The van der Waals surface area contributed by atoms with Gasteiger partial charge in [-0.15, -0.1) is 0 Å². The molecule has 156 valence electrons. The molecule has 0 saturated heterocycles. The first kappa shape index (κ1) is 22.4. The van der Waals surface area contributed by atoms with Gasteiger partial charge in [-0.05, 0) is 54.4 Å². The number of rotatable bonds is 7. The first-order valence-electron chi connectivity index (χ1n) is 9.67. The highest BCUT2D eigenvalue weighted by molar-refractivity contribution is 6.17. The molecule has 0 fully saturated rings. The molecule has 0 aliphatic rings. The van der Waals surface area contributed by atoms with Crippen LogP contribution in [0.5, 0.6) is 5.75 Å². The fourth-order valence-corrected chi connectivity index (χ4v) is 3.09. The minimum Gasteiger partial charge on any atom is -0.486 e. The molecule has 0 N–H and O–H groups in total. The van der Waals surface area contributed by atoms with Crippen molar-refractivity contribution in [1.29, 1.82) is 10.5 Å². The zero-order valence-corrected chi connectivity index (χ0v) is 17.7. The van der Waals surface area contributed by atoms with E-state index in [-0.39, 0.29) is 12.3 Å². The first-order valence-corrected chi connectivity index (χ1v) is 9.67. The second kappa shape index (κ2) is 10.1. The van der Waals surface area contributed by atoms with Crippen LogP contribution < -0.4 is 9.55 Å². The third-order valence-electron chi connectivity index (χ3n) is 4.87. The zero-order chi connectivity index (χ0) is 23.1. The van der Waals surface area contributed by atoms with Crippen molar-refractivity contribution >= 4 is 19.6 Å². The predicted octanol–water partition coefficient (Wildman–Crippen LogP) is 3.59. The summed E-state index contributed by atoms with van der Waals surface area (Å²) in [6.45, 7) is 2.26. The van der Waals surface area contributed by atoms with E-state index in [0.29, 0.717) is 29.0 Å². The third-order valence-corrected chi connectivity index (χ3v) is 4.87. The van der Waals surface area contributed by atoms with Crippen LogP contribution in [-0.4, -0.2) is 26.0 Å². The van der Waals surface area contributed by atoms with Crippen LogP contribution >= 0.6 is 0 Å². The van der Waals surface area contributed by atoms with Crippen LogP contribution in [0.15, 0.2) is 54.7 Å². The number of methoxy groups -OCH3 is 1. The van der Waals surface area contributed by atoms with Gasteiger partial charge in [-0.2, -0.15) is 10.5 Å². The monoisotopic (exact) mass is 422 g/mol. The number of carbonyl (C=O) groups excluding carboxylic acids is 1. The lowest BCUT2D eigenvalue weighted by molar-refractivity contribution is 0.0588. The van der Waals surface area contributed by atoms with Gasteiger partial charge in [0.1, 0.15) is 6.61 Å². The summed E-state index contributed by atoms with van der Waals surface area (Å²) in [6, 6.07) is 18.1. The van der Waals surface area contributed by atoms with E-state index in [2.05, 4.69) is 17.1 Å². The molecule has 3 aromatic rings. The summed E-state index contributed by atoms with van der Waals surface area (Å²) in [7, 11) is 7.50. The highest BCUT2D eigenvalue weighted by Gasteiger charge is 2.20. The Morgan fingerprint density at radius 3 is 2.50 bits per heavy atom. The number of benzene rings is 2. The number of anilines is 1. The Balaban J connectivity index is 1.88. The molecule has 8 heteroatoms. The second-order valence-electron chi connectivity index (χ2n) is 6.97. The number of nitrogens with zero attached hydrogens (tertiary/aromatic N) is 4. The Kier molecular flexibility index (Phi) is 7.10. The molecule has 0 unspecified atom stereocenters. The van der Waals surface area contributed by atoms with Crippen molar-refractivity contribution in [3.8, 4) is 17.9 Å². The van der Waals surface area contributed by atoms with Crippen LogP contribution in [-0.2, 0) is 17.9 Å². The van der Waals surface area contributed by atoms with Gasteiger partial charge in [0.05, 0.1) is 30.4 Å². The molecule has 0 atom stereocenters. The molecule has 7 nitrogen and oxygen atoms in total. The van der Waals surface area contributed by atoms with Gasteiger partial charge < -0.3 is 14.3 Å². The van der Waals surface area contributed by atoms with Gasteiger partial charge in [0.15, 0.2) is 11.4 Å². The van der Waals surface area contributed by atoms with Crippen LogP contribution in [0.25, 0.3) is 0 Å². The summed E-state index contributed by atoms with van der Waals surface area (Å²) in [5, 5.41) is 18.0. The van der Waals surface area contributed by atoms with Crippen LogP contribution in [0, 0.1) is 29.6 Å². The topological polar surface area (TPSA) is 99.2 Å². The van der Waals surface area contributed by atoms with Gasteiger partial charge in [0.25, 0.3) is 0 Å². The summed E-state index contributed by atoms with van der Waals surface area (Å²) >= 11 is 0. The van der Waals surface area contributed by atoms with Crippen molar-refractivity contribution in [3.63, 3.8) is 0 Å². The smallest absolute Gasteiger partial charge is 0.360 e. The van der Waals surface area contributed by atoms with Crippen molar-refractivity contribution in [2.24, 2.45) is 0 Å². The van der Waals surface area contributed by atoms with E-state index in [1.807, 2.05) is 13.0 Å². The van der Waals surface area contributed by atoms with E-state index in [0.717, 1.165) is 16.8 Å². The molecule has 0 amide bonds. The standard InChI is InChI=1S/C24H19BN4O3/c1-16-20(14-29(25)21-8-6-17(11-26)7-9-21)13-28-22(24(30)31-2)23(16)32-15-19-5-3-4-18(10-19)12-27/h3-10,13H,14-15H2,1-2H3. The minimum absolute atomic E-state index is 0.0622. The lowest BCUT2D eigenvalue weighted by Crippen LogP contribution is -2.20. The van der Waals surface area contributed by atoms with E-state index < -0.39 is 5.97 Å². The highest BCUT2D eigenvalue weighted by atomic mass is 16.5. The van der Waals surface area contributed by atoms with Crippen molar-refractivity contribution in [1.82, 2.24) is 4.98 Å². The summed E-state index contributed by atoms with van der Waals surface area (Å²) in [4.78, 5) is 18.0. The van der Waals surface area contributed by atoms with Crippen LogP contribution in [0.2, 0.25) is 0 Å². The van der Waals surface area contributed by atoms with E-state index in [4.69, 9.17) is 28.0 Å². The maximum atomic E-state index is 12.2. The van der Waals surface area contributed by atoms with Crippen molar-refractivity contribution in [2.45, 2.75) is 20.1 Å². The van der Waals surface area contributed by atoms with Crippen molar-refractivity contribution < 1.29 is 14.3 Å². The van der Waals surface area contributed by atoms with E-state index >= 15 is 0 Å². The van der Waals surface area contributed by atoms with Gasteiger partial charge in [0.2, 0.25) is 7.98 Å². The van der Waals surface area contributed by atoms with Crippen LogP contribution in [0.4, 0.5) is 5.69 Å². The molecule has 2 aromatic carbocycles. The van der Waals surface area contributed by atoms with E-state index in [9.17, 15) is 4.79 Å². The van der Waals surface area contributed by atoms with Crippen molar-refractivity contribution in [3.05, 3.63) is 88.2 Å². The molecule has 1 heterocycles. The lowest BCUT2D eigenvalue weighted by atomic mass is 10.1. The van der Waals surface area contributed by atoms with Gasteiger partial charge in [-0.1, -0.05) is 12.1 Å². The molecular weight excluding hydrogens is 403 g/mol. The van der Waals surface area contributed by atoms with Gasteiger partial charge in [-0.3, -0.25) is 0 Å². The Labute approximate surface area is 187 Å². The SMILES string of the molecule is [B]N(Cc1cnc(C(=O)OC)c(OCc2cccc(C#N)c2)c1C)c1ccc(C#N)cc1. The normalized spacial score (nSPS) is 10.0. The summed E-state index contributed by atoms with van der Waals surface area (Å²) in [6.07, 6.45) is 1.56. The van der Waals surface area contributed by atoms with Gasteiger partial charge >= 0.3 is 5.97 Å². The number of hydrogen-bond donors (Lipinski definition) is 0. The van der Waals surface area contributed by atoms with Crippen molar-refractivity contribution in [2.75, 3.05) is 11.9 Å². The second-order valence-corrected chi connectivity index (χ2v) is 6.97. The number of hydrogen-bond acceptors (Lipinski definition) is 7. The number of esters is 1. The Bertz CT molecular complexity index is 1210. The number of nitriles is 2. The van der Waals surface area contributed by atoms with Gasteiger partial charge in [-0.25, -0.2) is 9.78 Å². The maximum absolute atomic E-state index is 12.2. The predicted molar refractivity (Wildman–Crippen MR) is 119 cm³/mol. The van der Waals surface area contributed by atoms with Gasteiger partial charge in [0, 0.05) is 24.0 Å². The zero-order valence-electron chi connectivity index (χ0n) is 17.7.